The number of aromatic amines is 1. The first-order chi connectivity index (χ1) is 24.1. The van der Waals surface area contributed by atoms with Crippen molar-refractivity contribution >= 4 is 23.8 Å². The molecule has 7 nitrogen and oxygen atoms in total. The predicted molar refractivity (Wildman–Crippen MR) is 204 cm³/mol. The third kappa shape index (κ3) is 8.85. The first-order valence-corrected chi connectivity index (χ1v) is 18.3. The molecule has 1 heterocycles. The van der Waals surface area contributed by atoms with Gasteiger partial charge in [-0.15, -0.1) is 11.8 Å². The molecule has 2 amide bonds. The zero-order valence-corrected chi connectivity index (χ0v) is 30.5. The SMILES string of the molecule is CCCC[C@@H](c1ncc(-c2ccccc2)[nH]1)N(C)C(=O)[C@H](CSC(c1ccccc1)(c1ccccc1)c1ccccc1)NC(=O)OC(C)(C)C. The molecule has 8 heteroatoms. The molecule has 0 saturated carbocycles. The number of aromatic nitrogens is 2. The van der Waals surface area contributed by atoms with Crippen LogP contribution in [0.2, 0.25) is 0 Å². The number of nitrogens with one attached hydrogen (secondary N) is 2. The van der Waals surface area contributed by atoms with E-state index < -0.39 is 22.5 Å². The van der Waals surface area contributed by atoms with Gasteiger partial charge >= 0.3 is 6.09 Å². The van der Waals surface area contributed by atoms with Crippen LogP contribution in [0.3, 0.4) is 0 Å². The van der Waals surface area contributed by atoms with Crippen molar-refractivity contribution in [3.8, 4) is 11.3 Å². The number of rotatable bonds is 14. The van der Waals surface area contributed by atoms with Crippen LogP contribution in [0.25, 0.3) is 11.3 Å². The molecule has 5 rings (SSSR count). The highest BCUT2D eigenvalue weighted by Gasteiger charge is 2.40. The van der Waals surface area contributed by atoms with E-state index in [1.807, 2.05) is 112 Å². The standard InChI is InChI=1S/C42H48N4O3S/c1-6-7-28-37(38-43-29-35(44-38)31-20-12-8-13-21-31)46(5)39(47)36(45-40(48)49-41(2,3)4)30-50-42(32-22-14-9-15-23-32,33-24-16-10-17-25-33)34-26-18-11-19-27-34/h8-27,29,36-37H,6-7,28,30H2,1-5H3,(H,43,44)(H,45,48)/t36-,37-/m0/s1. The van der Waals surface area contributed by atoms with Crippen molar-refractivity contribution in [2.24, 2.45) is 0 Å². The fourth-order valence-electron chi connectivity index (χ4n) is 6.18. The minimum Gasteiger partial charge on any atom is -0.444 e. The van der Waals surface area contributed by atoms with Gasteiger partial charge in [0.25, 0.3) is 0 Å². The highest BCUT2D eigenvalue weighted by atomic mass is 32.2. The van der Waals surface area contributed by atoms with E-state index in [1.165, 1.54) is 0 Å². The summed E-state index contributed by atoms with van der Waals surface area (Å²) < 4.78 is 5.02. The summed E-state index contributed by atoms with van der Waals surface area (Å²) in [5.41, 5.74) is 4.40. The fourth-order valence-corrected chi connectivity index (χ4v) is 7.73. The zero-order valence-electron chi connectivity index (χ0n) is 29.6. The summed E-state index contributed by atoms with van der Waals surface area (Å²) in [5.74, 6) is 0.767. The van der Waals surface area contributed by atoms with Crippen LogP contribution >= 0.6 is 11.8 Å². The van der Waals surface area contributed by atoms with Crippen molar-refractivity contribution < 1.29 is 14.3 Å². The number of nitrogens with zero attached hydrogens (tertiary/aromatic N) is 2. The van der Waals surface area contributed by atoms with Gasteiger partial charge in [-0.3, -0.25) is 4.79 Å². The smallest absolute Gasteiger partial charge is 0.408 e. The minimum absolute atomic E-state index is 0.217. The average Bonchev–Trinajstić information content (AvgIpc) is 3.62. The molecule has 50 heavy (non-hydrogen) atoms. The number of H-pyrrole nitrogens is 1. The van der Waals surface area contributed by atoms with E-state index in [0.717, 1.165) is 47.2 Å². The molecule has 260 valence electrons. The maximum absolute atomic E-state index is 14.7. The number of ether oxygens (including phenoxy) is 1. The molecule has 0 fully saturated rings. The van der Waals surface area contributed by atoms with E-state index in [-0.39, 0.29) is 17.7 Å². The van der Waals surface area contributed by atoms with Crippen LogP contribution in [0.4, 0.5) is 4.79 Å². The average molecular weight is 689 g/mol. The lowest BCUT2D eigenvalue weighted by atomic mass is 9.84. The molecule has 5 aromatic rings. The molecule has 0 aliphatic rings. The molecule has 0 bridgehead atoms. The number of benzene rings is 4. The topological polar surface area (TPSA) is 87.3 Å². The Morgan fingerprint density at radius 2 is 1.32 bits per heavy atom. The van der Waals surface area contributed by atoms with Crippen molar-refractivity contribution in [1.29, 1.82) is 0 Å². The lowest BCUT2D eigenvalue weighted by molar-refractivity contribution is -0.134. The van der Waals surface area contributed by atoms with E-state index >= 15 is 0 Å². The Kier molecular flexibility index (Phi) is 12.2. The molecular weight excluding hydrogens is 641 g/mol. The molecule has 2 N–H and O–H groups in total. The third-order valence-corrected chi connectivity index (χ3v) is 10.3. The number of likely N-dealkylation sites (N-methyl/N-ethyl adjacent to an activating group) is 1. The summed E-state index contributed by atoms with van der Waals surface area (Å²) in [6.45, 7) is 7.59. The Morgan fingerprint density at radius 3 is 1.80 bits per heavy atom. The van der Waals surface area contributed by atoms with Crippen molar-refractivity contribution in [2.75, 3.05) is 12.8 Å². The van der Waals surface area contributed by atoms with Crippen molar-refractivity contribution in [2.45, 2.75) is 69.4 Å². The fraction of sp³-hybridized carbons (Fsp3) is 0.310. The maximum Gasteiger partial charge on any atom is 0.408 e. The van der Waals surface area contributed by atoms with Gasteiger partial charge in [0.05, 0.1) is 22.7 Å². The summed E-state index contributed by atoms with van der Waals surface area (Å²) in [5, 5.41) is 2.97. The largest absolute Gasteiger partial charge is 0.444 e. The molecule has 2 atom stereocenters. The highest BCUT2D eigenvalue weighted by molar-refractivity contribution is 8.00. The summed E-state index contributed by atoms with van der Waals surface area (Å²) in [6, 6.07) is 39.8. The molecule has 0 unspecified atom stereocenters. The van der Waals surface area contributed by atoms with E-state index in [4.69, 9.17) is 9.72 Å². The summed E-state index contributed by atoms with van der Waals surface area (Å²) in [7, 11) is 1.81. The van der Waals surface area contributed by atoms with Crippen LogP contribution in [-0.2, 0) is 14.3 Å². The molecular formula is C42H48N4O3S. The van der Waals surface area contributed by atoms with E-state index in [1.54, 1.807) is 23.7 Å². The van der Waals surface area contributed by atoms with Gasteiger partial charge in [-0.05, 0) is 49.4 Å². The Hall–Kier alpha value is -4.82. The van der Waals surface area contributed by atoms with Crippen LogP contribution in [0.15, 0.2) is 128 Å². The van der Waals surface area contributed by atoms with Gasteiger partial charge in [0, 0.05) is 12.8 Å². The van der Waals surface area contributed by atoms with Crippen molar-refractivity contribution in [1.82, 2.24) is 20.2 Å². The number of alkyl carbamates (subject to hydrolysis) is 1. The quantitative estimate of drug-likeness (QED) is 0.114. The number of carbonyl (C=O) groups is 2. The maximum atomic E-state index is 14.7. The number of hydrogen-bond acceptors (Lipinski definition) is 5. The second-order valence-electron chi connectivity index (χ2n) is 13.4. The molecule has 1 aromatic heterocycles. The third-order valence-electron chi connectivity index (χ3n) is 8.64. The lowest BCUT2D eigenvalue weighted by Gasteiger charge is -2.37. The van der Waals surface area contributed by atoms with Crippen LogP contribution in [0.5, 0.6) is 0 Å². The van der Waals surface area contributed by atoms with Gasteiger partial charge in [-0.2, -0.15) is 0 Å². The first-order valence-electron chi connectivity index (χ1n) is 17.3. The van der Waals surface area contributed by atoms with Gasteiger partial charge in [0.2, 0.25) is 5.91 Å². The second kappa shape index (κ2) is 16.7. The van der Waals surface area contributed by atoms with Gasteiger partial charge in [0.15, 0.2) is 0 Å². The van der Waals surface area contributed by atoms with Gasteiger partial charge in [0.1, 0.15) is 17.5 Å². The van der Waals surface area contributed by atoms with Crippen LogP contribution in [0.1, 0.15) is 75.5 Å². The molecule has 0 aliphatic heterocycles. The molecule has 0 spiro atoms. The Labute approximate surface area is 300 Å². The van der Waals surface area contributed by atoms with Gasteiger partial charge < -0.3 is 19.9 Å². The summed E-state index contributed by atoms with van der Waals surface area (Å²) in [6.07, 6.45) is 3.77. The Bertz CT molecular complexity index is 1690. The molecule has 0 radical (unpaired) electrons. The predicted octanol–water partition coefficient (Wildman–Crippen LogP) is 9.39. The minimum atomic E-state index is -0.900. The first kappa shape index (κ1) is 36.5. The Balaban J connectivity index is 1.53. The lowest BCUT2D eigenvalue weighted by Crippen LogP contribution is -2.51. The summed E-state index contributed by atoms with van der Waals surface area (Å²) >= 11 is 1.63. The number of unbranched alkanes of at least 4 members (excludes halogenated alkanes) is 1. The Morgan fingerprint density at radius 1 is 0.820 bits per heavy atom. The van der Waals surface area contributed by atoms with Crippen molar-refractivity contribution in [3.05, 3.63) is 150 Å². The molecule has 4 aromatic carbocycles. The second-order valence-corrected chi connectivity index (χ2v) is 14.7. The molecule has 0 saturated heterocycles. The van der Waals surface area contributed by atoms with Crippen LogP contribution in [-0.4, -0.2) is 51.3 Å². The van der Waals surface area contributed by atoms with Crippen molar-refractivity contribution in [3.63, 3.8) is 0 Å². The van der Waals surface area contributed by atoms with Gasteiger partial charge in [-0.1, -0.05) is 141 Å². The van der Waals surface area contributed by atoms with Crippen LogP contribution < -0.4 is 5.32 Å². The van der Waals surface area contributed by atoms with Crippen LogP contribution in [0, 0.1) is 0 Å². The molecule has 0 aliphatic carbocycles. The normalized spacial score (nSPS) is 12.9. The number of imidazole rings is 1. The number of amides is 2. The monoisotopic (exact) mass is 688 g/mol. The zero-order chi connectivity index (χ0) is 35.6. The van der Waals surface area contributed by atoms with E-state index in [2.05, 4.69) is 53.6 Å². The van der Waals surface area contributed by atoms with E-state index in [0.29, 0.717) is 5.82 Å². The van der Waals surface area contributed by atoms with E-state index in [9.17, 15) is 9.59 Å². The number of hydrogen-bond donors (Lipinski definition) is 2. The number of carbonyl (C=O) groups excluding carboxylic acids is 2. The van der Waals surface area contributed by atoms with Gasteiger partial charge in [-0.25, -0.2) is 9.78 Å². The number of thioether (sulfide) groups is 1. The highest BCUT2D eigenvalue weighted by Crippen LogP contribution is 2.48. The summed E-state index contributed by atoms with van der Waals surface area (Å²) in [4.78, 5) is 38.1.